The van der Waals surface area contributed by atoms with Crippen molar-refractivity contribution < 1.29 is 13.2 Å². The Labute approximate surface area is 152 Å². The van der Waals surface area contributed by atoms with Crippen LogP contribution in [0.3, 0.4) is 0 Å². The van der Waals surface area contributed by atoms with Crippen LogP contribution in [0.1, 0.15) is 10.4 Å². The number of nitrogens with zero attached hydrogens (tertiary/aromatic N) is 5. The number of nitroso groups, excluding NO2 is 1. The number of anilines is 1. The number of pyridine rings is 1. The minimum absolute atomic E-state index is 0.0329. The number of sulfone groups is 1. The number of thiocyanates is 1. The smallest absolute Gasteiger partial charge is 0.316 e. The van der Waals surface area contributed by atoms with Crippen LogP contribution in [-0.2, 0) is 9.84 Å². The van der Waals surface area contributed by atoms with Crippen LogP contribution in [0.25, 0.3) is 17.1 Å². The molecule has 10 nitrogen and oxygen atoms in total. The normalized spacial score (nSPS) is 10.9. The number of amides is 1. The molecule has 2 heterocycles. The minimum Gasteiger partial charge on any atom is -0.382 e. The highest BCUT2D eigenvalue weighted by molar-refractivity contribution is 7.95. The van der Waals surface area contributed by atoms with Crippen molar-refractivity contribution in [2.45, 2.75) is 4.90 Å². The summed E-state index contributed by atoms with van der Waals surface area (Å²) in [6.07, 6.45) is 1.32. The molecule has 0 saturated carbocycles. The van der Waals surface area contributed by atoms with Crippen molar-refractivity contribution in [1.82, 2.24) is 14.8 Å². The summed E-state index contributed by atoms with van der Waals surface area (Å²) in [5.74, 6) is -0.581. The lowest BCUT2D eigenvalue weighted by Crippen LogP contribution is -2.05. The molecule has 2 N–H and O–H groups in total. The van der Waals surface area contributed by atoms with Gasteiger partial charge in [0.1, 0.15) is 5.82 Å². The summed E-state index contributed by atoms with van der Waals surface area (Å²) in [6.45, 7) is 0. The zero-order valence-corrected chi connectivity index (χ0v) is 14.3. The molecule has 0 fully saturated rings. The topological polar surface area (TPSA) is 161 Å². The Hall–Kier alpha value is -3.91. The Kier molecular flexibility index (Phi) is 4.49. The van der Waals surface area contributed by atoms with Gasteiger partial charge in [0.05, 0.1) is 16.2 Å². The summed E-state index contributed by atoms with van der Waals surface area (Å²) in [5.41, 5.74) is 6.80. The van der Waals surface area contributed by atoms with E-state index in [9.17, 15) is 18.1 Å². The maximum atomic E-state index is 11.6. The van der Waals surface area contributed by atoms with E-state index in [0.717, 1.165) is 0 Å². The Morgan fingerprint density at radius 3 is 2.52 bits per heavy atom. The van der Waals surface area contributed by atoms with Crippen molar-refractivity contribution >= 4 is 21.6 Å². The van der Waals surface area contributed by atoms with E-state index in [0.29, 0.717) is 11.3 Å². The first-order valence-electron chi connectivity index (χ1n) is 7.31. The average Bonchev–Trinajstić information content (AvgIpc) is 3.09. The molecular weight excluding hydrogens is 372 g/mol. The molecule has 0 aliphatic rings. The number of nitriles is 1. The number of hydrogen-bond acceptors (Lipinski definition) is 8. The van der Waals surface area contributed by atoms with Crippen molar-refractivity contribution in [3.8, 4) is 22.5 Å². The molecule has 134 valence electrons. The first kappa shape index (κ1) is 17.9. The molecule has 3 rings (SSSR count). The maximum Gasteiger partial charge on any atom is 0.316 e. The van der Waals surface area contributed by atoms with Gasteiger partial charge in [0, 0.05) is 23.0 Å². The van der Waals surface area contributed by atoms with Gasteiger partial charge in [0.2, 0.25) is 0 Å². The van der Waals surface area contributed by atoms with Gasteiger partial charge >= 0.3 is 5.91 Å². The Bertz CT molecular complexity index is 1190. The van der Waals surface area contributed by atoms with Gasteiger partial charge < -0.3 is 5.73 Å². The van der Waals surface area contributed by atoms with Crippen LogP contribution < -0.4 is 5.73 Å². The quantitative estimate of drug-likeness (QED) is 0.405. The molecule has 0 bridgehead atoms. The highest BCUT2D eigenvalue weighted by Crippen LogP contribution is 2.26. The molecule has 11 heteroatoms. The van der Waals surface area contributed by atoms with Gasteiger partial charge in [-0.15, -0.1) is 10.0 Å². The summed E-state index contributed by atoms with van der Waals surface area (Å²) in [6, 6.07) is 9.73. The van der Waals surface area contributed by atoms with Crippen molar-refractivity contribution in [3.63, 3.8) is 0 Å². The standard InChI is InChI=1S/C16H10N6O4S/c17-9-27(25,26)12-3-1-10(2-4-12)13-8-14(18)20-22(13)15-7-11(5-6-19-15)16(23)21-24/h1-8H,(H2,18,20). The van der Waals surface area contributed by atoms with Crippen LogP contribution in [0.4, 0.5) is 5.82 Å². The highest BCUT2D eigenvalue weighted by atomic mass is 32.2. The largest absolute Gasteiger partial charge is 0.382 e. The van der Waals surface area contributed by atoms with Crippen molar-refractivity contribution in [3.05, 3.63) is 59.1 Å². The molecule has 1 aromatic carbocycles. The maximum absolute atomic E-state index is 11.6. The van der Waals surface area contributed by atoms with E-state index in [1.54, 1.807) is 0 Å². The number of nitrogens with two attached hydrogens (primary N) is 1. The van der Waals surface area contributed by atoms with E-state index in [4.69, 9.17) is 11.0 Å². The molecule has 0 radical (unpaired) electrons. The van der Waals surface area contributed by atoms with Crippen LogP contribution in [0.2, 0.25) is 0 Å². The van der Waals surface area contributed by atoms with Crippen molar-refractivity contribution in [2.75, 3.05) is 5.73 Å². The highest BCUT2D eigenvalue weighted by Gasteiger charge is 2.16. The fourth-order valence-electron chi connectivity index (χ4n) is 2.36. The predicted octanol–water partition coefficient (Wildman–Crippen LogP) is 1.68. The predicted molar refractivity (Wildman–Crippen MR) is 94.1 cm³/mol. The number of rotatable bonds is 4. The average molecular weight is 382 g/mol. The van der Waals surface area contributed by atoms with Gasteiger partial charge in [0.15, 0.2) is 11.2 Å². The van der Waals surface area contributed by atoms with Gasteiger partial charge in [-0.2, -0.15) is 5.26 Å². The lowest BCUT2D eigenvalue weighted by atomic mass is 10.1. The van der Waals surface area contributed by atoms with E-state index >= 15 is 0 Å². The van der Waals surface area contributed by atoms with Crippen LogP contribution in [0, 0.1) is 15.6 Å². The molecule has 0 atom stereocenters. The minimum atomic E-state index is -4.00. The summed E-state index contributed by atoms with van der Waals surface area (Å²) in [5, 5.41) is 16.4. The second-order valence-electron chi connectivity index (χ2n) is 5.28. The SMILES string of the molecule is N#CS(=O)(=O)c1ccc(-c2cc(N)nn2-c2cc(C(=O)N=O)ccn2)cc1. The molecule has 0 saturated heterocycles. The summed E-state index contributed by atoms with van der Waals surface area (Å²) in [7, 11) is -4.00. The third kappa shape index (κ3) is 3.42. The number of carbonyl (C=O) groups is 1. The number of hydrogen-bond donors (Lipinski definition) is 1. The second-order valence-corrected chi connectivity index (χ2v) is 6.95. The van der Waals surface area contributed by atoms with Gasteiger partial charge in [-0.3, -0.25) is 4.79 Å². The molecular formula is C16H10N6O4S. The molecule has 0 aliphatic heterocycles. The van der Waals surface area contributed by atoms with Gasteiger partial charge in [-0.05, 0) is 24.3 Å². The van der Waals surface area contributed by atoms with E-state index in [-0.39, 0.29) is 22.1 Å². The number of carbonyl (C=O) groups excluding carboxylic acids is 1. The van der Waals surface area contributed by atoms with E-state index < -0.39 is 15.7 Å². The zero-order chi connectivity index (χ0) is 19.6. The second kappa shape index (κ2) is 6.77. The van der Waals surface area contributed by atoms with Crippen LogP contribution >= 0.6 is 0 Å². The molecule has 2 aromatic heterocycles. The third-order valence-electron chi connectivity index (χ3n) is 3.60. The van der Waals surface area contributed by atoms with Gasteiger partial charge in [0.25, 0.3) is 9.84 Å². The van der Waals surface area contributed by atoms with E-state index in [1.807, 2.05) is 0 Å². The Balaban J connectivity index is 2.09. The van der Waals surface area contributed by atoms with Crippen LogP contribution in [0.5, 0.6) is 0 Å². The van der Waals surface area contributed by atoms with Gasteiger partial charge in [-0.25, -0.2) is 18.1 Å². The monoisotopic (exact) mass is 382 g/mol. The lowest BCUT2D eigenvalue weighted by Gasteiger charge is -2.07. The third-order valence-corrected chi connectivity index (χ3v) is 4.73. The van der Waals surface area contributed by atoms with Crippen LogP contribution in [-0.4, -0.2) is 29.1 Å². The van der Waals surface area contributed by atoms with E-state index in [1.165, 1.54) is 58.7 Å². The number of benzene rings is 1. The van der Waals surface area contributed by atoms with Gasteiger partial charge in [-0.1, -0.05) is 12.1 Å². The molecule has 0 spiro atoms. The van der Waals surface area contributed by atoms with E-state index in [2.05, 4.69) is 15.3 Å². The molecule has 0 aliphatic carbocycles. The number of aromatic nitrogens is 3. The fourth-order valence-corrected chi connectivity index (χ4v) is 2.96. The fraction of sp³-hybridized carbons (Fsp3) is 0. The lowest BCUT2D eigenvalue weighted by molar-refractivity contribution is 0.100. The first-order valence-corrected chi connectivity index (χ1v) is 8.80. The van der Waals surface area contributed by atoms with Crippen molar-refractivity contribution in [1.29, 1.82) is 5.26 Å². The summed E-state index contributed by atoms with van der Waals surface area (Å²) >= 11 is 0. The van der Waals surface area contributed by atoms with Crippen molar-refractivity contribution in [2.24, 2.45) is 5.18 Å². The zero-order valence-electron chi connectivity index (χ0n) is 13.5. The molecule has 27 heavy (non-hydrogen) atoms. The summed E-state index contributed by atoms with van der Waals surface area (Å²) < 4.78 is 24.5. The first-order chi connectivity index (χ1) is 12.9. The molecule has 1 amide bonds. The Morgan fingerprint density at radius 2 is 1.89 bits per heavy atom. The molecule has 3 aromatic rings. The number of nitrogen functional groups attached to an aromatic ring is 1. The summed E-state index contributed by atoms with van der Waals surface area (Å²) in [4.78, 5) is 25.9. The van der Waals surface area contributed by atoms with Crippen LogP contribution in [0.15, 0.2) is 58.7 Å². The molecule has 0 unspecified atom stereocenters. The Morgan fingerprint density at radius 1 is 1.19 bits per heavy atom.